The van der Waals surface area contributed by atoms with Gasteiger partial charge in [0.2, 0.25) is 0 Å². The Labute approximate surface area is 207 Å². The summed E-state index contributed by atoms with van der Waals surface area (Å²) in [6, 6.07) is 7.30. The summed E-state index contributed by atoms with van der Waals surface area (Å²) in [5, 5.41) is 24.5. The number of aromatic hydroxyl groups is 2. The summed E-state index contributed by atoms with van der Waals surface area (Å²) < 4.78 is 17.4. The molecule has 0 fully saturated rings. The molecule has 9 nitrogen and oxygen atoms in total. The molecule has 0 saturated carbocycles. The van der Waals surface area contributed by atoms with Gasteiger partial charge in [-0.15, -0.1) is 0 Å². The van der Waals surface area contributed by atoms with Crippen molar-refractivity contribution in [2.75, 3.05) is 13.2 Å². The van der Waals surface area contributed by atoms with Gasteiger partial charge in [0.15, 0.2) is 28.8 Å². The molecular weight excluding hydrogens is 466 g/mol. The lowest BCUT2D eigenvalue weighted by Crippen LogP contribution is -2.42. The van der Waals surface area contributed by atoms with E-state index in [0.29, 0.717) is 23.8 Å². The molecule has 3 N–H and O–H groups in total. The third kappa shape index (κ3) is 3.26. The van der Waals surface area contributed by atoms with Crippen LogP contribution in [0.3, 0.4) is 0 Å². The molecule has 2 heterocycles. The molecule has 0 saturated heterocycles. The third-order valence-electron chi connectivity index (χ3n) is 6.92. The summed E-state index contributed by atoms with van der Waals surface area (Å²) in [6.45, 7) is 6.40. The number of para-hydroxylation sites is 2. The third-order valence-corrected chi connectivity index (χ3v) is 6.92. The van der Waals surface area contributed by atoms with Crippen molar-refractivity contribution in [3.05, 3.63) is 64.1 Å². The predicted molar refractivity (Wildman–Crippen MR) is 128 cm³/mol. The van der Waals surface area contributed by atoms with Crippen LogP contribution >= 0.6 is 0 Å². The zero-order valence-electron chi connectivity index (χ0n) is 20.2. The molecule has 36 heavy (non-hydrogen) atoms. The average Bonchev–Trinajstić information content (AvgIpc) is 3.14. The molecule has 0 radical (unpaired) electrons. The van der Waals surface area contributed by atoms with Gasteiger partial charge in [0.1, 0.15) is 46.7 Å². The van der Waals surface area contributed by atoms with Gasteiger partial charge in [-0.1, -0.05) is 12.1 Å². The van der Waals surface area contributed by atoms with Gasteiger partial charge < -0.3 is 29.7 Å². The minimum atomic E-state index is -1.56. The quantitative estimate of drug-likeness (QED) is 0.335. The second kappa shape index (κ2) is 8.15. The van der Waals surface area contributed by atoms with Gasteiger partial charge in [-0.05, 0) is 39.8 Å². The maximum Gasteiger partial charge on any atom is 0.194 e. The molecule has 2 aromatic rings. The van der Waals surface area contributed by atoms with Crippen molar-refractivity contribution in [1.82, 2.24) is 5.32 Å². The topological polar surface area (TPSA) is 131 Å². The number of rotatable bonds is 4. The fourth-order valence-corrected chi connectivity index (χ4v) is 4.88. The number of allylic oxidation sites excluding steroid dienone is 4. The molecule has 0 amide bonds. The van der Waals surface area contributed by atoms with Crippen molar-refractivity contribution in [3.63, 3.8) is 0 Å². The molecular formula is C27H25NO8. The van der Waals surface area contributed by atoms with Crippen molar-refractivity contribution < 1.29 is 38.8 Å². The van der Waals surface area contributed by atoms with Crippen LogP contribution in [0.5, 0.6) is 28.7 Å². The molecule has 2 aliphatic heterocycles. The number of phenols is 2. The summed E-state index contributed by atoms with van der Waals surface area (Å²) in [5.74, 6) is -1.31. The number of hydrogen-bond acceptors (Lipinski definition) is 9. The predicted octanol–water partition coefficient (Wildman–Crippen LogP) is 3.00. The number of ether oxygens (including phenoxy) is 3. The number of Topliss-reactive ketones (excluding diaryl/α,β-unsaturated/α-hetero) is 2. The number of fused-ring (bicyclic) bond motifs is 4. The van der Waals surface area contributed by atoms with Crippen LogP contribution in [0.25, 0.3) is 0 Å². The zero-order chi connectivity index (χ0) is 25.9. The van der Waals surface area contributed by atoms with Crippen molar-refractivity contribution in [3.8, 4) is 28.7 Å². The van der Waals surface area contributed by atoms with E-state index < -0.39 is 28.5 Å². The fraction of sp³-hybridized carbons (Fsp3) is 0.296. The maximum atomic E-state index is 13.8. The van der Waals surface area contributed by atoms with Crippen molar-refractivity contribution in [1.29, 1.82) is 0 Å². The number of hydrogen-bond donors (Lipinski definition) is 3. The lowest BCUT2D eigenvalue weighted by Gasteiger charge is -2.30. The second-order valence-electron chi connectivity index (χ2n) is 9.27. The monoisotopic (exact) mass is 491 g/mol. The molecule has 0 aromatic heterocycles. The van der Waals surface area contributed by atoms with Gasteiger partial charge in [0.05, 0.1) is 17.7 Å². The van der Waals surface area contributed by atoms with Gasteiger partial charge in [0, 0.05) is 17.3 Å². The van der Waals surface area contributed by atoms with Crippen LogP contribution < -0.4 is 19.5 Å². The summed E-state index contributed by atoms with van der Waals surface area (Å²) >= 11 is 0. The Hall–Kier alpha value is -4.27. The van der Waals surface area contributed by atoms with Crippen molar-refractivity contribution in [2.45, 2.75) is 39.2 Å². The summed E-state index contributed by atoms with van der Waals surface area (Å²) in [4.78, 5) is 39.2. The second-order valence-corrected chi connectivity index (χ2v) is 9.27. The number of carbonyl (C=O) groups excluding carboxylic acids is 3. The van der Waals surface area contributed by atoms with Crippen LogP contribution in [0.1, 0.15) is 42.3 Å². The lowest BCUT2D eigenvalue weighted by molar-refractivity contribution is -0.123. The number of phenolic OH excluding ortho intramolecular Hbond substituents is 2. The molecule has 9 heteroatoms. The van der Waals surface area contributed by atoms with E-state index in [4.69, 9.17) is 14.2 Å². The van der Waals surface area contributed by atoms with Crippen molar-refractivity contribution in [2.24, 2.45) is 0 Å². The lowest BCUT2D eigenvalue weighted by atomic mass is 9.70. The normalized spacial score (nSPS) is 23.3. The summed E-state index contributed by atoms with van der Waals surface area (Å²) in [6.07, 6.45) is 0.836. The minimum Gasteiger partial charge on any atom is -0.507 e. The number of benzene rings is 2. The van der Waals surface area contributed by atoms with Gasteiger partial charge >= 0.3 is 0 Å². The molecule has 2 aromatic carbocycles. The summed E-state index contributed by atoms with van der Waals surface area (Å²) in [7, 11) is 0. The van der Waals surface area contributed by atoms with Gasteiger partial charge in [-0.25, -0.2) is 0 Å². The van der Waals surface area contributed by atoms with E-state index in [0.717, 1.165) is 0 Å². The highest BCUT2D eigenvalue weighted by Crippen LogP contribution is 2.57. The smallest absolute Gasteiger partial charge is 0.194 e. The Morgan fingerprint density at radius 3 is 2.53 bits per heavy atom. The first-order valence-corrected chi connectivity index (χ1v) is 11.5. The molecule has 2 atom stereocenters. The van der Waals surface area contributed by atoms with Crippen molar-refractivity contribution >= 4 is 17.3 Å². The van der Waals surface area contributed by atoms with E-state index in [1.165, 1.54) is 26.8 Å². The van der Waals surface area contributed by atoms with Crippen LogP contribution in [0, 0.1) is 6.92 Å². The number of ketones is 3. The SMILES string of the molecule is CC(=O)c1c(O)c(C)c(O)c2c1OC1=CC(=O)C(=C(C)NCC3COc4ccccc4O3)C(=O)[C@@]12C. The first-order valence-electron chi connectivity index (χ1n) is 11.5. The maximum absolute atomic E-state index is 13.8. The van der Waals surface area contributed by atoms with E-state index in [1.807, 2.05) is 18.2 Å². The molecule has 0 bridgehead atoms. The Balaban J connectivity index is 1.49. The average molecular weight is 491 g/mol. The number of carbonyl (C=O) groups is 3. The van der Waals surface area contributed by atoms with E-state index in [1.54, 1.807) is 13.0 Å². The Morgan fingerprint density at radius 2 is 1.83 bits per heavy atom. The Kier molecular flexibility index (Phi) is 5.31. The van der Waals surface area contributed by atoms with Gasteiger partial charge in [-0.2, -0.15) is 0 Å². The first-order chi connectivity index (χ1) is 17.1. The summed E-state index contributed by atoms with van der Waals surface area (Å²) in [5.41, 5.74) is -1.37. The van der Waals surface area contributed by atoms with E-state index >= 15 is 0 Å². The van der Waals surface area contributed by atoms with Crippen LogP contribution in [-0.2, 0) is 15.0 Å². The van der Waals surface area contributed by atoms with Crippen LogP contribution in [-0.4, -0.2) is 46.8 Å². The highest BCUT2D eigenvalue weighted by molar-refractivity contribution is 6.31. The van der Waals surface area contributed by atoms with E-state index in [2.05, 4.69) is 5.32 Å². The molecule has 3 aliphatic rings. The zero-order valence-corrected chi connectivity index (χ0v) is 20.2. The Bertz CT molecular complexity index is 1420. The van der Waals surface area contributed by atoms with E-state index in [9.17, 15) is 24.6 Å². The van der Waals surface area contributed by atoms with Crippen LogP contribution in [0.4, 0.5) is 0 Å². The molecule has 186 valence electrons. The molecule has 1 unspecified atom stereocenters. The minimum absolute atomic E-state index is 0.00697. The highest BCUT2D eigenvalue weighted by atomic mass is 16.6. The largest absolute Gasteiger partial charge is 0.507 e. The van der Waals surface area contributed by atoms with E-state index in [-0.39, 0.29) is 52.2 Å². The van der Waals surface area contributed by atoms with Crippen LogP contribution in [0.2, 0.25) is 0 Å². The standard InChI is InChI=1S/C27H25NO8/c1-12-23(31)21(14(3)29)25-22(24(12)32)27(4)19(36-25)9-16(30)20(26(27)33)13(2)28-10-15-11-34-17-7-5-6-8-18(17)35-15/h5-9,15,28,31-32H,10-11H2,1-4H3/t15?,27-/m0/s1. The fourth-order valence-electron chi connectivity index (χ4n) is 4.88. The van der Waals surface area contributed by atoms with Gasteiger partial charge in [0.25, 0.3) is 0 Å². The number of nitrogens with one attached hydrogen (secondary N) is 1. The Morgan fingerprint density at radius 1 is 1.14 bits per heavy atom. The molecule has 0 spiro atoms. The van der Waals surface area contributed by atoms with Crippen LogP contribution in [0.15, 0.2) is 47.4 Å². The first kappa shape index (κ1) is 23.5. The van der Waals surface area contributed by atoms with Gasteiger partial charge in [-0.3, -0.25) is 14.4 Å². The molecule has 5 rings (SSSR count). The highest BCUT2D eigenvalue weighted by Gasteiger charge is 2.56. The molecule has 1 aliphatic carbocycles.